The van der Waals surface area contributed by atoms with Crippen LogP contribution in [0.15, 0.2) is 76.6 Å². The van der Waals surface area contributed by atoms with Gasteiger partial charge in [0, 0.05) is 11.3 Å². The number of amides is 1. The molecule has 0 radical (unpaired) electrons. The Kier molecular flexibility index (Phi) is 7.70. The molecule has 11 heteroatoms. The Morgan fingerprint density at radius 3 is 2.52 bits per heavy atom. The molecule has 2 aliphatic rings. The van der Waals surface area contributed by atoms with Gasteiger partial charge in [0.05, 0.1) is 11.6 Å². The molecule has 1 N–H and O–H groups in total. The molecule has 214 valence electrons. The van der Waals surface area contributed by atoms with Crippen molar-refractivity contribution in [1.82, 2.24) is 10.2 Å². The van der Waals surface area contributed by atoms with Gasteiger partial charge in [-0.1, -0.05) is 79.4 Å². The van der Waals surface area contributed by atoms with Gasteiger partial charge in [0.1, 0.15) is 24.8 Å². The molecule has 3 aromatic carbocycles. The van der Waals surface area contributed by atoms with Gasteiger partial charge in [0.25, 0.3) is 5.78 Å². The standard InChI is InChI=1S/C31H26FN3O5S2/c1-17(2)18-7-9-19(10-8-18)26-25(27(36)20-11-12-23-24(15-20)40-14-13-39-23)28(37)29(38)35(26)30-33-34-31(42-30)41-16-21-5-3-4-6-22(21)32/h3-12,15,17,26,36H,13-14,16H2,1-2H3/t26-/m1/s1. The lowest BCUT2D eigenvalue weighted by atomic mass is 9.93. The fourth-order valence-electron chi connectivity index (χ4n) is 4.87. The second kappa shape index (κ2) is 11.6. The fourth-order valence-corrected chi connectivity index (χ4v) is 6.72. The molecule has 1 saturated heterocycles. The van der Waals surface area contributed by atoms with Crippen LogP contribution in [-0.2, 0) is 15.3 Å². The number of thioether (sulfide) groups is 1. The van der Waals surface area contributed by atoms with Crippen molar-refractivity contribution < 1.29 is 28.6 Å². The summed E-state index contributed by atoms with van der Waals surface area (Å²) in [6.45, 7) is 4.92. The molecule has 1 atom stereocenters. The van der Waals surface area contributed by atoms with Crippen molar-refractivity contribution in [3.05, 3.63) is 100 Å². The van der Waals surface area contributed by atoms with Crippen molar-refractivity contribution in [1.29, 1.82) is 0 Å². The first-order chi connectivity index (χ1) is 20.3. The average Bonchev–Trinajstić information content (AvgIpc) is 3.57. The SMILES string of the molecule is CC(C)c1ccc([C@@H]2C(=C(O)c3ccc4c(c3)OCCO4)C(=O)C(=O)N2c2nnc(SCc3ccccc3F)s2)cc1. The number of carbonyl (C=O) groups is 2. The van der Waals surface area contributed by atoms with Gasteiger partial charge in [-0.25, -0.2) is 4.39 Å². The van der Waals surface area contributed by atoms with E-state index in [9.17, 15) is 19.1 Å². The zero-order chi connectivity index (χ0) is 29.4. The van der Waals surface area contributed by atoms with E-state index in [0.29, 0.717) is 51.5 Å². The van der Waals surface area contributed by atoms with Gasteiger partial charge >= 0.3 is 5.91 Å². The number of halogens is 1. The van der Waals surface area contributed by atoms with Crippen LogP contribution in [0.4, 0.5) is 9.52 Å². The minimum Gasteiger partial charge on any atom is -0.507 e. The van der Waals surface area contributed by atoms with Crippen molar-refractivity contribution in [3.8, 4) is 11.5 Å². The highest BCUT2D eigenvalue weighted by molar-refractivity contribution is 8.00. The third-order valence-electron chi connectivity index (χ3n) is 7.09. The second-order valence-corrected chi connectivity index (χ2v) is 12.3. The van der Waals surface area contributed by atoms with Crippen LogP contribution < -0.4 is 14.4 Å². The van der Waals surface area contributed by atoms with Gasteiger partial charge in [-0.3, -0.25) is 14.5 Å². The Morgan fingerprint density at radius 2 is 1.79 bits per heavy atom. The van der Waals surface area contributed by atoms with Crippen LogP contribution in [0.25, 0.3) is 5.76 Å². The summed E-state index contributed by atoms with van der Waals surface area (Å²) < 4.78 is 25.9. The highest BCUT2D eigenvalue weighted by atomic mass is 32.2. The van der Waals surface area contributed by atoms with Crippen molar-refractivity contribution in [3.63, 3.8) is 0 Å². The molecule has 3 heterocycles. The number of benzene rings is 3. The number of ether oxygens (including phenoxy) is 2. The maximum atomic E-state index is 14.1. The summed E-state index contributed by atoms with van der Waals surface area (Å²) >= 11 is 2.41. The van der Waals surface area contributed by atoms with Gasteiger partial charge in [-0.2, -0.15) is 0 Å². The highest BCUT2D eigenvalue weighted by Crippen LogP contribution is 2.45. The molecule has 4 aromatic rings. The summed E-state index contributed by atoms with van der Waals surface area (Å²) in [5.74, 6) is -0.727. The molecule has 0 saturated carbocycles. The summed E-state index contributed by atoms with van der Waals surface area (Å²) in [7, 11) is 0. The van der Waals surface area contributed by atoms with Gasteiger partial charge in [-0.05, 0) is 46.9 Å². The van der Waals surface area contributed by atoms with E-state index in [0.717, 1.165) is 16.9 Å². The number of Topliss-reactive ketones (excluding diaryl/α,β-unsaturated/α-hetero) is 1. The zero-order valence-electron chi connectivity index (χ0n) is 22.7. The first-order valence-corrected chi connectivity index (χ1v) is 15.1. The Morgan fingerprint density at radius 1 is 1.05 bits per heavy atom. The van der Waals surface area contributed by atoms with Crippen molar-refractivity contribution in [2.24, 2.45) is 0 Å². The predicted molar refractivity (Wildman–Crippen MR) is 159 cm³/mol. The number of aliphatic hydroxyl groups excluding tert-OH is 1. The Bertz CT molecular complexity index is 1700. The van der Waals surface area contributed by atoms with E-state index < -0.39 is 17.7 Å². The number of hydrogen-bond donors (Lipinski definition) is 1. The van der Waals surface area contributed by atoms with Crippen molar-refractivity contribution >= 4 is 45.7 Å². The van der Waals surface area contributed by atoms with E-state index in [4.69, 9.17) is 9.47 Å². The maximum Gasteiger partial charge on any atom is 0.301 e. The van der Waals surface area contributed by atoms with E-state index in [1.807, 2.05) is 24.3 Å². The van der Waals surface area contributed by atoms with Crippen LogP contribution in [0, 0.1) is 5.82 Å². The Labute approximate surface area is 249 Å². The molecule has 1 fully saturated rings. The third kappa shape index (κ3) is 5.25. The summed E-state index contributed by atoms with van der Waals surface area (Å²) in [5, 5.41) is 20.1. The van der Waals surface area contributed by atoms with Gasteiger partial charge in [0.15, 0.2) is 15.8 Å². The molecule has 1 amide bonds. The van der Waals surface area contributed by atoms with Gasteiger partial charge < -0.3 is 14.6 Å². The Hall–Kier alpha value is -4.22. The number of rotatable bonds is 7. The van der Waals surface area contributed by atoms with E-state index >= 15 is 0 Å². The molecule has 0 unspecified atom stereocenters. The number of hydrogen-bond acceptors (Lipinski definition) is 9. The van der Waals surface area contributed by atoms with Crippen molar-refractivity contribution in [2.75, 3.05) is 18.1 Å². The second-order valence-electron chi connectivity index (χ2n) is 10.1. The minimum absolute atomic E-state index is 0.0651. The summed E-state index contributed by atoms with van der Waals surface area (Å²) in [5.41, 5.74) is 2.49. The van der Waals surface area contributed by atoms with E-state index in [2.05, 4.69) is 24.0 Å². The number of nitrogens with zero attached hydrogens (tertiary/aromatic N) is 3. The molecule has 0 bridgehead atoms. The van der Waals surface area contributed by atoms with Crippen LogP contribution in [-0.4, -0.2) is 40.2 Å². The molecular weight excluding hydrogens is 577 g/mol. The molecule has 42 heavy (non-hydrogen) atoms. The monoisotopic (exact) mass is 603 g/mol. The summed E-state index contributed by atoms with van der Waals surface area (Å²) in [6.07, 6.45) is 0. The normalized spacial score (nSPS) is 17.7. The number of aliphatic hydroxyl groups is 1. The number of carbonyl (C=O) groups excluding carboxylic acids is 2. The van der Waals surface area contributed by atoms with Crippen molar-refractivity contribution in [2.45, 2.75) is 35.9 Å². The van der Waals surface area contributed by atoms with Gasteiger partial charge in [0.2, 0.25) is 5.13 Å². The number of ketones is 1. The molecule has 0 aliphatic carbocycles. The van der Waals surface area contributed by atoms with Crippen LogP contribution >= 0.6 is 23.1 Å². The van der Waals surface area contributed by atoms with Gasteiger partial charge in [-0.15, -0.1) is 10.2 Å². The van der Waals surface area contributed by atoms with Crippen LogP contribution in [0.3, 0.4) is 0 Å². The summed E-state index contributed by atoms with van der Waals surface area (Å²) in [4.78, 5) is 28.4. The van der Waals surface area contributed by atoms with E-state index in [1.54, 1.807) is 36.4 Å². The molecule has 6 rings (SSSR count). The Balaban J connectivity index is 1.40. The number of fused-ring (bicyclic) bond motifs is 1. The van der Waals surface area contributed by atoms with E-state index in [1.165, 1.54) is 22.7 Å². The number of anilines is 1. The van der Waals surface area contributed by atoms with Crippen LogP contribution in [0.2, 0.25) is 0 Å². The highest BCUT2D eigenvalue weighted by Gasteiger charge is 2.48. The quantitative estimate of drug-likeness (QED) is 0.0841. The lowest BCUT2D eigenvalue weighted by Gasteiger charge is -2.23. The molecular formula is C31H26FN3O5S2. The summed E-state index contributed by atoms with van der Waals surface area (Å²) in [6, 6.07) is 18.0. The lowest BCUT2D eigenvalue weighted by Crippen LogP contribution is -2.29. The van der Waals surface area contributed by atoms with Crippen LogP contribution in [0.5, 0.6) is 11.5 Å². The first-order valence-electron chi connectivity index (χ1n) is 13.3. The molecule has 1 aromatic heterocycles. The fraction of sp³-hybridized carbons (Fsp3) is 0.226. The predicted octanol–water partition coefficient (Wildman–Crippen LogP) is 6.49. The lowest BCUT2D eigenvalue weighted by molar-refractivity contribution is -0.132. The zero-order valence-corrected chi connectivity index (χ0v) is 24.4. The largest absolute Gasteiger partial charge is 0.507 e. The average molecular weight is 604 g/mol. The van der Waals surface area contributed by atoms with Crippen LogP contribution in [0.1, 0.15) is 48.1 Å². The smallest absolute Gasteiger partial charge is 0.301 e. The first kappa shape index (κ1) is 27.9. The molecule has 0 spiro atoms. The maximum absolute atomic E-state index is 14.1. The third-order valence-corrected chi connectivity index (χ3v) is 9.19. The molecule has 8 nitrogen and oxygen atoms in total. The molecule has 2 aliphatic heterocycles. The van der Waals surface area contributed by atoms with E-state index in [-0.39, 0.29) is 28.2 Å². The minimum atomic E-state index is -0.947. The number of aromatic nitrogens is 2. The topological polar surface area (TPSA) is 102 Å².